The Morgan fingerprint density at radius 3 is 2.38 bits per heavy atom. The van der Waals surface area contributed by atoms with Gasteiger partial charge in [0.15, 0.2) is 0 Å². The second-order valence-electron chi connectivity index (χ2n) is 5.47. The van der Waals surface area contributed by atoms with Crippen molar-refractivity contribution in [2.24, 2.45) is 0 Å². The Kier molecular flexibility index (Phi) is 4.67. The molecule has 0 aliphatic heterocycles. The topological polar surface area (TPSA) is 34.0 Å². The number of benzene rings is 2. The largest absolute Gasteiger partial charge is 0.345 e. The molecule has 3 aromatic rings. The molecule has 1 amide bonds. The van der Waals surface area contributed by atoms with E-state index in [0.717, 1.165) is 11.3 Å². The van der Waals surface area contributed by atoms with Gasteiger partial charge in [0.05, 0.1) is 16.6 Å². The van der Waals surface area contributed by atoms with Crippen LogP contribution >= 0.6 is 11.6 Å². The SMILES string of the molecule is CC(NC(=O)c1c(F)cccc1Cl)c1ccc(-n2cccc2)cc1. The Labute approximate surface area is 144 Å². The van der Waals surface area contributed by atoms with Gasteiger partial charge in [-0.15, -0.1) is 0 Å². The van der Waals surface area contributed by atoms with Crippen LogP contribution in [0.2, 0.25) is 5.02 Å². The zero-order valence-corrected chi connectivity index (χ0v) is 13.8. The van der Waals surface area contributed by atoms with Gasteiger partial charge in [-0.2, -0.15) is 0 Å². The number of nitrogens with zero attached hydrogens (tertiary/aromatic N) is 1. The number of hydrogen-bond donors (Lipinski definition) is 1. The van der Waals surface area contributed by atoms with Crippen LogP contribution in [0.5, 0.6) is 0 Å². The first kappa shape index (κ1) is 16.3. The molecule has 1 atom stereocenters. The summed E-state index contributed by atoms with van der Waals surface area (Å²) in [7, 11) is 0. The molecule has 0 saturated carbocycles. The van der Waals surface area contributed by atoms with Gasteiger partial charge < -0.3 is 9.88 Å². The second-order valence-corrected chi connectivity index (χ2v) is 5.88. The highest BCUT2D eigenvalue weighted by atomic mass is 35.5. The number of nitrogens with one attached hydrogen (secondary N) is 1. The van der Waals surface area contributed by atoms with E-state index in [1.54, 1.807) is 0 Å². The Morgan fingerprint density at radius 2 is 1.75 bits per heavy atom. The third-order valence-electron chi connectivity index (χ3n) is 3.83. The molecule has 0 spiro atoms. The highest BCUT2D eigenvalue weighted by Crippen LogP contribution is 2.21. The van der Waals surface area contributed by atoms with E-state index >= 15 is 0 Å². The summed E-state index contributed by atoms with van der Waals surface area (Å²) in [6.07, 6.45) is 3.92. The van der Waals surface area contributed by atoms with Gasteiger partial charge in [-0.05, 0) is 48.9 Å². The van der Waals surface area contributed by atoms with Crippen LogP contribution in [-0.4, -0.2) is 10.5 Å². The van der Waals surface area contributed by atoms with Gasteiger partial charge in [0.2, 0.25) is 0 Å². The molecule has 1 heterocycles. The molecule has 122 valence electrons. The van der Waals surface area contributed by atoms with E-state index in [1.165, 1.54) is 18.2 Å². The zero-order valence-electron chi connectivity index (χ0n) is 13.0. The fourth-order valence-electron chi connectivity index (χ4n) is 2.51. The van der Waals surface area contributed by atoms with E-state index < -0.39 is 11.7 Å². The van der Waals surface area contributed by atoms with Crippen molar-refractivity contribution in [3.8, 4) is 5.69 Å². The first-order valence-electron chi connectivity index (χ1n) is 7.54. The van der Waals surface area contributed by atoms with Crippen LogP contribution < -0.4 is 5.32 Å². The van der Waals surface area contributed by atoms with Crippen LogP contribution in [0.15, 0.2) is 67.0 Å². The second kappa shape index (κ2) is 6.89. The fourth-order valence-corrected chi connectivity index (χ4v) is 2.76. The molecule has 0 aliphatic rings. The lowest BCUT2D eigenvalue weighted by Crippen LogP contribution is -2.27. The van der Waals surface area contributed by atoms with Crippen molar-refractivity contribution in [1.82, 2.24) is 9.88 Å². The smallest absolute Gasteiger partial charge is 0.256 e. The molecule has 0 saturated heterocycles. The van der Waals surface area contributed by atoms with Crippen molar-refractivity contribution in [2.75, 3.05) is 0 Å². The summed E-state index contributed by atoms with van der Waals surface area (Å²) in [4.78, 5) is 12.3. The molecule has 1 N–H and O–H groups in total. The highest BCUT2D eigenvalue weighted by molar-refractivity contribution is 6.33. The average molecular weight is 343 g/mol. The summed E-state index contributed by atoms with van der Waals surface area (Å²) in [5.41, 5.74) is 1.82. The minimum atomic E-state index is -0.629. The van der Waals surface area contributed by atoms with Gasteiger partial charge in [0, 0.05) is 18.1 Å². The van der Waals surface area contributed by atoms with Crippen molar-refractivity contribution in [3.05, 3.63) is 89.0 Å². The van der Waals surface area contributed by atoms with Crippen LogP contribution in [0.4, 0.5) is 4.39 Å². The summed E-state index contributed by atoms with van der Waals surface area (Å²) in [5, 5.41) is 2.88. The standard InChI is InChI=1S/C19H16ClFN2O/c1-13(22-19(24)18-16(20)5-4-6-17(18)21)14-7-9-15(10-8-14)23-11-2-3-12-23/h2-13H,1H3,(H,22,24). The van der Waals surface area contributed by atoms with E-state index in [-0.39, 0.29) is 16.6 Å². The first-order chi connectivity index (χ1) is 11.6. The van der Waals surface area contributed by atoms with Gasteiger partial charge >= 0.3 is 0 Å². The predicted molar refractivity (Wildman–Crippen MR) is 93.1 cm³/mol. The summed E-state index contributed by atoms with van der Waals surface area (Å²) in [6.45, 7) is 1.84. The molecule has 1 aromatic heterocycles. The number of carbonyl (C=O) groups is 1. The van der Waals surface area contributed by atoms with Gasteiger partial charge in [0.1, 0.15) is 5.82 Å². The quantitative estimate of drug-likeness (QED) is 0.728. The highest BCUT2D eigenvalue weighted by Gasteiger charge is 2.18. The molecule has 0 fully saturated rings. The zero-order chi connectivity index (χ0) is 17.1. The van der Waals surface area contributed by atoms with E-state index in [0.29, 0.717) is 0 Å². The van der Waals surface area contributed by atoms with Crippen LogP contribution in [0.25, 0.3) is 5.69 Å². The Morgan fingerprint density at radius 1 is 1.08 bits per heavy atom. The molecule has 0 bridgehead atoms. The van der Waals surface area contributed by atoms with Crippen molar-refractivity contribution in [1.29, 1.82) is 0 Å². The summed E-state index contributed by atoms with van der Waals surface area (Å²) in [5.74, 6) is -1.16. The predicted octanol–water partition coefficient (Wildman–Crippen LogP) is 4.76. The molecule has 5 heteroatoms. The molecule has 3 nitrogen and oxygen atoms in total. The van der Waals surface area contributed by atoms with Crippen molar-refractivity contribution in [2.45, 2.75) is 13.0 Å². The maximum absolute atomic E-state index is 13.8. The number of rotatable bonds is 4. The number of halogens is 2. The third-order valence-corrected chi connectivity index (χ3v) is 4.15. The number of carbonyl (C=O) groups excluding carboxylic acids is 1. The van der Waals surface area contributed by atoms with Crippen molar-refractivity contribution < 1.29 is 9.18 Å². The van der Waals surface area contributed by atoms with Crippen LogP contribution in [0.3, 0.4) is 0 Å². The Bertz CT molecular complexity index is 824. The summed E-state index contributed by atoms with van der Waals surface area (Å²) in [6, 6.07) is 15.6. The number of hydrogen-bond acceptors (Lipinski definition) is 1. The molecule has 3 rings (SSSR count). The van der Waals surface area contributed by atoms with Crippen molar-refractivity contribution in [3.63, 3.8) is 0 Å². The molecule has 0 radical (unpaired) electrons. The molecule has 0 aliphatic carbocycles. The lowest BCUT2D eigenvalue weighted by atomic mass is 10.1. The normalized spacial score (nSPS) is 12.0. The minimum Gasteiger partial charge on any atom is -0.345 e. The van der Waals surface area contributed by atoms with Gasteiger partial charge in [-0.1, -0.05) is 29.8 Å². The van der Waals surface area contributed by atoms with Crippen LogP contribution in [0, 0.1) is 5.82 Å². The van der Waals surface area contributed by atoms with Crippen LogP contribution in [0.1, 0.15) is 28.9 Å². The van der Waals surface area contributed by atoms with E-state index in [1.807, 2.05) is 60.3 Å². The summed E-state index contributed by atoms with van der Waals surface area (Å²) >= 11 is 5.93. The van der Waals surface area contributed by atoms with E-state index in [4.69, 9.17) is 11.6 Å². The third kappa shape index (κ3) is 3.34. The van der Waals surface area contributed by atoms with Crippen molar-refractivity contribution >= 4 is 17.5 Å². The molecule has 24 heavy (non-hydrogen) atoms. The minimum absolute atomic E-state index is 0.0997. The number of amides is 1. The van der Waals surface area contributed by atoms with E-state index in [9.17, 15) is 9.18 Å². The van der Waals surface area contributed by atoms with Gasteiger partial charge in [-0.3, -0.25) is 4.79 Å². The Hall–Kier alpha value is -2.59. The average Bonchev–Trinajstić information content (AvgIpc) is 3.09. The molecular formula is C19H16ClFN2O. The van der Waals surface area contributed by atoms with Gasteiger partial charge in [0.25, 0.3) is 5.91 Å². The first-order valence-corrected chi connectivity index (χ1v) is 7.92. The molecule has 1 unspecified atom stereocenters. The lowest BCUT2D eigenvalue weighted by molar-refractivity contribution is 0.0936. The molecule has 2 aromatic carbocycles. The number of aromatic nitrogens is 1. The molecular weight excluding hydrogens is 327 g/mol. The summed E-state index contributed by atoms with van der Waals surface area (Å²) < 4.78 is 15.8. The van der Waals surface area contributed by atoms with Gasteiger partial charge in [-0.25, -0.2) is 4.39 Å². The maximum atomic E-state index is 13.8. The van der Waals surface area contributed by atoms with Crippen LogP contribution in [-0.2, 0) is 0 Å². The Balaban J connectivity index is 1.75. The van der Waals surface area contributed by atoms with E-state index in [2.05, 4.69) is 5.32 Å². The lowest BCUT2D eigenvalue weighted by Gasteiger charge is -2.16. The monoisotopic (exact) mass is 342 g/mol. The maximum Gasteiger partial charge on any atom is 0.256 e. The fraction of sp³-hybridized carbons (Fsp3) is 0.105.